The van der Waals surface area contributed by atoms with Crippen LogP contribution in [-0.2, 0) is 9.59 Å². The zero-order chi connectivity index (χ0) is 19.1. The Morgan fingerprint density at radius 1 is 1.04 bits per heavy atom. The fourth-order valence-electron chi connectivity index (χ4n) is 4.24. The second kappa shape index (κ2) is 9.77. The maximum Gasteiger partial charge on any atom is 0.225 e. The average molecular weight is 373 g/mol. The topological polar surface area (TPSA) is 49.9 Å². The van der Waals surface area contributed by atoms with Gasteiger partial charge in [0.1, 0.15) is 5.75 Å². The van der Waals surface area contributed by atoms with E-state index in [0.29, 0.717) is 32.2 Å². The van der Waals surface area contributed by atoms with Gasteiger partial charge in [-0.1, -0.05) is 37.5 Å². The molecule has 0 radical (unpaired) electrons. The molecule has 2 fully saturated rings. The molecule has 1 saturated carbocycles. The second-order valence-electron chi connectivity index (χ2n) is 7.81. The molecule has 0 atom stereocenters. The summed E-state index contributed by atoms with van der Waals surface area (Å²) in [5, 5.41) is 0. The van der Waals surface area contributed by atoms with Gasteiger partial charge in [0.25, 0.3) is 0 Å². The van der Waals surface area contributed by atoms with E-state index in [0.717, 1.165) is 31.4 Å². The normalized spacial score (nSPS) is 18.9. The highest BCUT2D eigenvalue weighted by molar-refractivity contribution is 5.80. The minimum Gasteiger partial charge on any atom is -0.493 e. The highest BCUT2D eigenvalue weighted by Gasteiger charge is 2.31. The van der Waals surface area contributed by atoms with Gasteiger partial charge in [0.05, 0.1) is 13.0 Å². The lowest BCUT2D eigenvalue weighted by molar-refractivity contribution is -0.142. The fraction of sp³-hybridized carbons (Fsp3) is 0.636. The molecule has 0 unspecified atom stereocenters. The molecule has 1 aromatic rings. The molecule has 0 bridgehead atoms. The molecule has 1 heterocycles. The van der Waals surface area contributed by atoms with E-state index in [1.54, 1.807) is 0 Å². The van der Waals surface area contributed by atoms with Crippen molar-refractivity contribution < 1.29 is 14.3 Å². The number of para-hydroxylation sites is 1. The Bertz CT molecular complexity index is 605. The van der Waals surface area contributed by atoms with Crippen LogP contribution in [0.3, 0.4) is 0 Å². The monoisotopic (exact) mass is 372 g/mol. The van der Waals surface area contributed by atoms with Crippen LogP contribution in [0.4, 0.5) is 0 Å². The lowest BCUT2D eigenvalue weighted by Crippen LogP contribution is -2.46. The summed E-state index contributed by atoms with van der Waals surface area (Å²) in [5.74, 6) is 1.26. The molecule has 3 rings (SSSR count). The van der Waals surface area contributed by atoms with Crippen LogP contribution in [0.2, 0.25) is 0 Å². The number of carbonyl (C=O) groups excluding carboxylic acids is 2. The summed E-state index contributed by atoms with van der Waals surface area (Å²) in [5.41, 5.74) is 0. The van der Waals surface area contributed by atoms with Gasteiger partial charge in [-0.25, -0.2) is 0 Å². The van der Waals surface area contributed by atoms with Crippen LogP contribution < -0.4 is 4.74 Å². The largest absolute Gasteiger partial charge is 0.493 e. The lowest BCUT2D eigenvalue weighted by Gasteiger charge is -2.37. The molecule has 27 heavy (non-hydrogen) atoms. The van der Waals surface area contributed by atoms with Crippen molar-refractivity contribution in [3.8, 4) is 5.75 Å². The summed E-state index contributed by atoms with van der Waals surface area (Å²) < 4.78 is 5.62. The van der Waals surface area contributed by atoms with E-state index >= 15 is 0 Å². The molecule has 0 N–H and O–H groups in total. The first kappa shape index (κ1) is 19.7. The predicted molar refractivity (Wildman–Crippen MR) is 106 cm³/mol. The number of benzene rings is 1. The molecule has 1 aromatic carbocycles. The number of hydrogen-bond donors (Lipinski definition) is 0. The molecule has 148 valence electrons. The summed E-state index contributed by atoms with van der Waals surface area (Å²) >= 11 is 0. The van der Waals surface area contributed by atoms with E-state index in [4.69, 9.17) is 4.74 Å². The van der Waals surface area contributed by atoms with Crippen molar-refractivity contribution in [2.45, 2.75) is 57.4 Å². The lowest BCUT2D eigenvalue weighted by atomic mass is 9.91. The van der Waals surface area contributed by atoms with Crippen molar-refractivity contribution in [2.24, 2.45) is 5.92 Å². The van der Waals surface area contributed by atoms with E-state index in [2.05, 4.69) is 0 Å². The molecular weight excluding hydrogens is 340 g/mol. The van der Waals surface area contributed by atoms with Gasteiger partial charge >= 0.3 is 0 Å². The number of likely N-dealkylation sites (tertiary alicyclic amines) is 1. The zero-order valence-corrected chi connectivity index (χ0v) is 16.4. The van der Waals surface area contributed by atoms with E-state index in [1.165, 1.54) is 19.3 Å². The van der Waals surface area contributed by atoms with E-state index < -0.39 is 0 Å². The molecule has 5 nitrogen and oxygen atoms in total. The van der Waals surface area contributed by atoms with Crippen LogP contribution in [0.25, 0.3) is 0 Å². The summed E-state index contributed by atoms with van der Waals surface area (Å²) in [6, 6.07) is 9.98. The number of hydrogen-bond acceptors (Lipinski definition) is 3. The third kappa shape index (κ3) is 5.47. The Balaban J connectivity index is 1.38. The van der Waals surface area contributed by atoms with Crippen molar-refractivity contribution in [3.05, 3.63) is 30.3 Å². The maximum atomic E-state index is 12.8. The molecular formula is C22H32N2O3. The Morgan fingerprint density at radius 3 is 2.37 bits per heavy atom. The van der Waals surface area contributed by atoms with Crippen molar-refractivity contribution >= 4 is 11.8 Å². The molecule has 0 spiro atoms. The molecule has 0 aromatic heterocycles. The predicted octanol–water partition coefficient (Wildman–Crippen LogP) is 3.49. The first-order chi connectivity index (χ1) is 13.1. The summed E-state index contributed by atoms with van der Waals surface area (Å²) in [6.07, 6.45) is 7.99. The number of piperidine rings is 1. The van der Waals surface area contributed by atoms with Crippen molar-refractivity contribution in [1.82, 2.24) is 9.80 Å². The van der Waals surface area contributed by atoms with Crippen molar-refractivity contribution in [2.75, 3.05) is 26.7 Å². The van der Waals surface area contributed by atoms with Crippen LogP contribution >= 0.6 is 0 Å². The number of nitrogens with zero attached hydrogens (tertiary/aromatic N) is 2. The van der Waals surface area contributed by atoms with Crippen LogP contribution in [-0.4, -0.2) is 54.4 Å². The van der Waals surface area contributed by atoms with E-state index in [-0.39, 0.29) is 17.7 Å². The van der Waals surface area contributed by atoms with Gasteiger partial charge in [-0.2, -0.15) is 0 Å². The maximum absolute atomic E-state index is 12.8. The van der Waals surface area contributed by atoms with Gasteiger partial charge in [0.2, 0.25) is 11.8 Å². The Morgan fingerprint density at radius 2 is 1.70 bits per heavy atom. The molecule has 1 saturated heterocycles. The van der Waals surface area contributed by atoms with Crippen LogP contribution in [0, 0.1) is 5.92 Å². The standard InChI is InChI=1S/C22H32N2O3/c1-23(19-8-4-2-5-9-19)22(26)18-12-15-24(16-13-18)21(25)14-17-27-20-10-6-3-7-11-20/h3,6-7,10-11,18-19H,2,4-5,8-9,12-17H2,1H3. The van der Waals surface area contributed by atoms with Gasteiger partial charge in [0, 0.05) is 32.1 Å². The van der Waals surface area contributed by atoms with Crippen molar-refractivity contribution in [1.29, 1.82) is 0 Å². The molecule has 2 amide bonds. The smallest absolute Gasteiger partial charge is 0.225 e. The van der Waals surface area contributed by atoms with Gasteiger partial charge < -0.3 is 14.5 Å². The minimum absolute atomic E-state index is 0.0709. The van der Waals surface area contributed by atoms with Crippen LogP contribution in [0.5, 0.6) is 5.75 Å². The number of rotatable bonds is 6. The number of carbonyl (C=O) groups is 2. The Labute approximate surface area is 162 Å². The van der Waals surface area contributed by atoms with Crippen LogP contribution in [0.1, 0.15) is 51.4 Å². The zero-order valence-electron chi connectivity index (χ0n) is 16.4. The average Bonchev–Trinajstić information content (AvgIpc) is 2.74. The highest BCUT2D eigenvalue weighted by Crippen LogP contribution is 2.26. The number of amides is 2. The van der Waals surface area contributed by atoms with Gasteiger partial charge in [-0.15, -0.1) is 0 Å². The Kier molecular flexibility index (Phi) is 7.13. The third-order valence-electron chi connectivity index (χ3n) is 5.99. The number of ether oxygens (including phenoxy) is 1. The van der Waals surface area contributed by atoms with Gasteiger partial charge in [-0.3, -0.25) is 9.59 Å². The first-order valence-corrected chi connectivity index (χ1v) is 10.4. The van der Waals surface area contributed by atoms with Gasteiger partial charge in [0.15, 0.2) is 0 Å². The third-order valence-corrected chi connectivity index (χ3v) is 5.99. The quantitative estimate of drug-likeness (QED) is 0.768. The molecule has 5 heteroatoms. The first-order valence-electron chi connectivity index (χ1n) is 10.4. The minimum atomic E-state index is 0.0709. The summed E-state index contributed by atoms with van der Waals surface area (Å²) in [6.45, 7) is 1.75. The summed E-state index contributed by atoms with van der Waals surface area (Å²) in [7, 11) is 1.97. The van der Waals surface area contributed by atoms with Crippen LogP contribution in [0.15, 0.2) is 30.3 Å². The van der Waals surface area contributed by atoms with E-state index in [1.807, 2.05) is 47.2 Å². The van der Waals surface area contributed by atoms with Crippen molar-refractivity contribution in [3.63, 3.8) is 0 Å². The fourth-order valence-corrected chi connectivity index (χ4v) is 4.24. The molecule has 2 aliphatic rings. The van der Waals surface area contributed by atoms with Gasteiger partial charge in [-0.05, 0) is 37.8 Å². The molecule has 1 aliphatic heterocycles. The SMILES string of the molecule is CN(C(=O)C1CCN(C(=O)CCOc2ccccc2)CC1)C1CCCCC1. The summed E-state index contributed by atoms with van der Waals surface area (Å²) in [4.78, 5) is 29.1. The van der Waals surface area contributed by atoms with E-state index in [9.17, 15) is 9.59 Å². The second-order valence-corrected chi connectivity index (χ2v) is 7.81. The molecule has 1 aliphatic carbocycles. The Hall–Kier alpha value is -2.04. The highest BCUT2D eigenvalue weighted by atomic mass is 16.5.